The van der Waals surface area contributed by atoms with Gasteiger partial charge in [0.05, 0.1) is 17.2 Å². The van der Waals surface area contributed by atoms with Gasteiger partial charge < -0.3 is 9.30 Å². The Bertz CT molecular complexity index is 1550. The van der Waals surface area contributed by atoms with Crippen molar-refractivity contribution in [2.45, 2.75) is 24.7 Å². The minimum absolute atomic E-state index is 0.121. The molecule has 0 aliphatic heterocycles. The Morgan fingerprint density at radius 2 is 1.88 bits per heavy atom. The molecule has 2 heterocycles. The van der Waals surface area contributed by atoms with E-state index in [1.807, 2.05) is 31.3 Å². The van der Waals surface area contributed by atoms with E-state index in [0.29, 0.717) is 29.2 Å². The molecule has 4 aromatic rings. The van der Waals surface area contributed by atoms with E-state index in [0.717, 1.165) is 40.6 Å². The summed E-state index contributed by atoms with van der Waals surface area (Å²) in [6, 6.07) is 10.6. The molecule has 1 N–H and O–H groups in total. The molecule has 0 saturated heterocycles. The third-order valence-corrected chi connectivity index (χ3v) is 7.28. The van der Waals surface area contributed by atoms with Crippen LogP contribution in [-0.4, -0.2) is 36.0 Å². The molecule has 0 unspecified atom stereocenters. The van der Waals surface area contributed by atoms with E-state index in [1.165, 1.54) is 10.8 Å². The number of rotatable bonds is 6. The van der Waals surface area contributed by atoms with Crippen molar-refractivity contribution in [1.82, 2.24) is 14.8 Å². The molecule has 0 radical (unpaired) electrons. The molecule has 33 heavy (non-hydrogen) atoms. The van der Waals surface area contributed by atoms with Crippen LogP contribution in [0.4, 0.5) is 0 Å². The summed E-state index contributed by atoms with van der Waals surface area (Å²) in [5.41, 5.74) is 3.99. The highest BCUT2D eigenvalue weighted by molar-refractivity contribution is 7.90. The normalized spacial score (nSPS) is 14.0. The number of benzene rings is 2. The van der Waals surface area contributed by atoms with Gasteiger partial charge in [-0.1, -0.05) is 6.07 Å². The Hall–Kier alpha value is -3.39. The number of nitrogens with one attached hydrogen (secondary N) is 1. The molecular weight excluding hydrogens is 438 g/mol. The fourth-order valence-electron chi connectivity index (χ4n) is 4.07. The van der Waals surface area contributed by atoms with Gasteiger partial charge in [-0.3, -0.25) is 9.89 Å². The van der Waals surface area contributed by atoms with Crippen LogP contribution < -0.4 is 10.3 Å². The van der Waals surface area contributed by atoms with Gasteiger partial charge in [0.15, 0.2) is 9.84 Å². The van der Waals surface area contributed by atoms with Gasteiger partial charge in [0.2, 0.25) is 0 Å². The smallest absolute Gasteiger partial charge is 0.258 e. The maximum Gasteiger partial charge on any atom is 0.258 e. The van der Waals surface area contributed by atoms with Gasteiger partial charge in [-0.15, -0.1) is 0 Å². The quantitative estimate of drug-likeness (QED) is 0.465. The molecule has 0 bridgehead atoms. The molecule has 7 nitrogen and oxygen atoms in total. The summed E-state index contributed by atoms with van der Waals surface area (Å²) in [6.45, 7) is 2.51. The predicted octanol–water partition coefficient (Wildman–Crippen LogP) is 4.10. The number of H-pyrrole nitrogens is 1. The fraction of sp³-hybridized carbons (Fsp3) is 0.280. The van der Waals surface area contributed by atoms with Gasteiger partial charge in [-0.05, 0) is 67.0 Å². The van der Waals surface area contributed by atoms with Crippen molar-refractivity contribution >= 4 is 20.6 Å². The van der Waals surface area contributed by atoms with Crippen molar-refractivity contribution in [1.29, 1.82) is 0 Å². The second kappa shape index (κ2) is 7.88. The summed E-state index contributed by atoms with van der Waals surface area (Å²) in [4.78, 5) is 13.1. The van der Waals surface area contributed by atoms with Crippen LogP contribution in [-0.2, 0) is 16.9 Å². The topological polar surface area (TPSA) is 94.0 Å². The first-order valence-corrected chi connectivity index (χ1v) is 12.7. The van der Waals surface area contributed by atoms with Crippen molar-refractivity contribution < 1.29 is 13.2 Å². The molecule has 0 amide bonds. The second-order valence-corrected chi connectivity index (χ2v) is 10.8. The maximum absolute atomic E-state index is 12.9. The lowest BCUT2D eigenvalue weighted by Crippen LogP contribution is -2.16. The highest BCUT2D eigenvalue weighted by Crippen LogP contribution is 2.39. The van der Waals surface area contributed by atoms with Crippen LogP contribution in [0.25, 0.3) is 33.0 Å². The highest BCUT2D eigenvalue weighted by atomic mass is 32.2. The largest absolute Gasteiger partial charge is 0.493 e. The molecule has 2 aromatic carbocycles. The van der Waals surface area contributed by atoms with E-state index >= 15 is 0 Å². The summed E-state index contributed by atoms with van der Waals surface area (Å²) >= 11 is 0. The molecule has 0 spiro atoms. The predicted molar refractivity (Wildman–Crippen MR) is 128 cm³/mol. The minimum atomic E-state index is -3.43. The lowest BCUT2D eigenvalue weighted by molar-refractivity contribution is 0.301. The zero-order chi connectivity index (χ0) is 23.3. The molecule has 1 aliphatic rings. The number of fused-ring (bicyclic) bond motifs is 1. The number of sulfone groups is 1. The SMILES string of the molecule is Cc1n[nH]cc1-c1ccc2c(=O)n(C)cc(-c3cc(S(C)(=O)=O)ccc3OCC3CC3)c2c1. The van der Waals surface area contributed by atoms with Crippen molar-refractivity contribution in [2.24, 2.45) is 13.0 Å². The number of pyridine rings is 1. The van der Waals surface area contributed by atoms with Gasteiger partial charge in [0, 0.05) is 47.8 Å². The molecule has 8 heteroatoms. The van der Waals surface area contributed by atoms with Crippen molar-refractivity contribution in [2.75, 3.05) is 12.9 Å². The second-order valence-electron chi connectivity index (χ2n) is 8.79. The highest BCUT2D eigenvalue weighted by Gasteiger charge is 2.24. The Balaban J connectivity index is 1.78. The molecule has 1 saturated carbocycles. The fourth-order valence-corrected chi connectivity index (χ4v) is 4.71. The number of ether oxygens (including phenoxy) is 1. The average Bonchev–Trinajstić information content (AvgIpc) is 3.52. The first-order valence-electron chi connectivity index (χ1n) is 10.8. The van der Waals surface area contributed by atoms with Crippen LogP contribution in [0.3, 0.4) is 0 Å². The van der Waals surface area contributed by atoms with E-state index < -0.39 is 9.84 Å². The zero-order valence-corrected chi connectivity index (χ0v) is 19.6. The molecule has 1 aliphatic carbocycles. The summed E-state index contributed by atoms with van der Waals surface area (Å²) in [6.07, 6.45) is 7.06. The van der Waals surface area contributed by atoms with E-state index in [-0.39, 0.29) is 10.5 Å². The van der Waals surface area contributed by atoms with Crippen molar-refractivity contribution in [3.8, 4) is 28.0 Å². The van der Waals surface area contributed by atoms with Crippen LogP contribution in [0.2, 0.25) is 0 Å². The van der Waals surface area contributed by atoms with Crippen LogP contribution in [0.15, 0.2) is 58.5 Å². The standard InChI is InChI=1S/C25H25N3O4S/c1-15-22(12-26-27-15)17-6-8-19-20(10-17)23(13-28(2)25(19)29)21-11-18(33(3,30)31)7-9-24(21)32-14-16-4-5-16/h6-13,16H,4-5,14H2,1-3H3,(H,26,27). The Morgan fingerprint density at radius 3 is 2.55 bits per heavy atom. The van der Waals surface area contributed by atoms with E-state index in [9.17, 15) is 13.2 Å². The number of hydrogen-bond donors (Lipinski definition) is 1. The van der Waals surface area contributed by atoms with E-state index in [2.05, 4.69) is 10.2 Å². The Labute approximate surface area is 192 Å². The molecule has 0 atom stereocenters. The van der Waals surface area contributed by atoms with Gasteiger partial charge in [0.25, 0.3) is 5.56 Å². The average molecular weight is 464 g/mol. The third kappa shape index (κ3) is 4.06. The molecule has 5 rings (SSSR count). The van der Waals surface area contributed by atoms with Gasteiger partial charge in [-0.2, -0.15) is 5.10 Å². The zero-order valence-electron chi connectivity index (χ0n) is 18.8. The molecular formula is C25H25N3O4S. The van der Waals surface area contributed by atoms with E-state index in [1.54, 1.807) is 31.4 Å². The lowest BCUT2D eigenvalue weighted by Gasteiger charge is -2.16. The van der Waals surface area contributed by atoms with Gasteiger partial charge in [-0.25, -0.2) is 8.42 Å². The van der Waals surface area contributed by atoms with Crippen LogP contribution in [0.1, 0.15) is 18.5 Å². The Morgan fingerprint density at radius 1 is 1.09 bits per heavy atom. The number of aromatic nitrogens is 3. The van der Waals surface area contributed by atoms with Crippen LogP contribution in [0, 0.1) is 12.8 Å². The van der Waals surface area contributed by atoms with Crippen molar-refractivity contribution in [3.05, 3.63) is 64.8 Å². The number of hydrogen-bond acceptors (Lipinski definition) is 5. The summed E-state index contributed by atoms with van der Waals surface area (Å²) in [7, 11) is -1.73. The number of aromatic amines is 1. The van der Waals surface area contributed by atoms with Gasteiger partial charge in [0.1, 0.15) is 5.75 Å². The lowest BCUT2D eigenvalue weighted by atomic mass is 9.96. The molecule has 170 valence electrons. The number of aryl methyl sites for hydroxylation is 2. The summed E-state index contributed by atoms with van der Waals surface area (Å²) in [5.74, 6) is 1.15. The van der Waals surface area contributed by atoms with Crippen LogP contribution >= 0.6 is 0 Å². The van der Waals surface area contributed by atoms with Crippen molar-refractivity contribution in [3.63, 3.8) is 0 Å². The monoisotopic (exact) mass is 463 g/mol. The first-order chi connectivity index (χ1) is 15.7. The molecule has 1 fully saturated rings. The summed E-state index contributed by atoms with van der Waals surface area (Å²) in [5, 5.41) is 8.37. The van der Waals surface area contributed by atoms with Gasteiger partial charge >= 0.3 is 0 Å². The molecule has 2 aromatic heterocycles. The third-order valence-electron chi connectivity index (χ3n) is 6.17. The maximum atomic E-state index is 12.9. The number of nitrogens with zero attached hydrogens (tertiary/aromatic N) is 2. The minimum Gasteiger partial charge on any atom is -0.493 e. The first kappa shape index (κ1) is 21.5. The Kier molecular flexibility index (Phi) is 5.12. The van der Waals surface area contributed by atoms with Crippen LogP contribution in [0.5, 0.6) is 5.75 Å². The van der Waals surface area contributed by atoms with E-state index in [4.69, 9.17) is 4.74 Å². The summed E-state index contributed by atoms with van der Waals surface area (Å²) < 4.78 is 32.3.